The van der Waals surface area contributed by atoms with Gasteiger partial charge >= 0.3 is 6.18 Å². The third-order valence-corrected chi connectivity index (χ3v) is 4.76. The molecule has 1 aromatic heterocycles. The van der Waals surface area contributed by atoms with Gasteiger partial charge in [-0.05, 0) is 24.6 Å². The Hall–Kier alpha value is -2.75. The van der Waals surface area contributed by atoms with Gasteiger partial charge in [-0.15, -0.1) is 0 Å². The molecule has 7 nitrogen and oxygen atoms in total. The van der Waals surface area contributed by atoms with Crippen molar-refractivity contribution in [1.29, 1.82) is 0 Å². The molecule has 11 heteroatoms. The first-order valence-electron chi connectivity index (χ1n) is 9.26. The zero-order chi connectivity index (χ0) is 21.9. The van der Waals surface area contributed by atoms with Crippen molar-refractivity contribution in [2.24, 2.45) is 5.16 Å². The number of aryl methyl sites for hydroxylation is 1. The topological polar surface area (TPSA) is 88.6 Å². The van der Waals surface area contributed by atoms with Gasteiger partial charge in [-0.2, -0.15) is 13.2 Å². The lowest BCUT2D eigenvalue weighted by molar-refractivity contribution is -0.138. The lowest BCUT2D eigenvalue weighted by Crippen LogP contribution is -2.28. The van der Waals surface area contributed by atoms with E-state index >= 15 is 0 Å². The van der Waals surface area contributed by atoms with Gasteiger partial charge in [0.05, 0.1) is 12.7 Å². The highest BCUT2D eigenvalue weighted by Gasteiger charge is 2.35. The molecule has 0 fully saturated rings. The molecule has 3 rings (SSSR count). The largest absolute Gasteiger partial charge is 0.496 e. The highest BCUT2D eigenvalue weighted by atomic mass is 35.5. The fourth-order valence-electron chi connectivity index (χ4n) is 2.94. The van der Waals surface area contributed by atoms with E-state index in [9.17, 15) is 18.0 Å². The second-order valence-corrected chi connectivity index (χ2v) is 7.07. The molecule has 2 N–H and O–H groups in total. The van der Waals surface area contributed by atoms with Crippen LogP contribution in [0.5, 0.6) is 5.75 Å². The number of ether oxygens (including phenoxy) is 1. The van der Waals surface area contributed by atoms with Gasteiger partial charge in [0.25, 0.3) is 5.91 Å². The van der Waals surface area contributed by atoms with Crippen LogP contribution >= 0.6 is 11.6 Å². The first-order valence-corrected chi connectivity index (χ1v) is 9.64. The van der Waals surface area contributed by atoms with Crippen LogP contribution in [0, 0.1) is 0 Å². The van der Waals surface area contributed by atoms with Gasteiger partial charge < -0.3 is 19.9 Å². The van der Waals surface area contributed by atoms with Crippen molar-refractivity contribution in [2.75, 3.05) is 12.4 Å². The number of imidazole rings is 1. The number of anilines is 1. The normalized spacial score (nSPS) is 16.2. The maximum atomic E-state index is 13.2. The molecule has 1 unspecified atom stereocenters. The zero-order valence-corrected chi connectivity index (χ0v) is 17.0. The number of methoxy groups -OCH3 is 1. The molecule has 162 valence electrons. The van der Waals surface area contributed by atoms with Crippen molar-refractivity contribution in [2.45, 2.75) is 44.9 Å². The standard InChI is InChI=1S/C19H20ClF3N4O3/c1-3-4-5-15-25-16(17(20)26-15)12-9-14(30-27-12)18(28)24-10-6-7-13(29-2)11(8-10)19(21,22)23/h6-8,14H,3-5,9H2,1-2H3,(H,24,28)(H,25,26). The summed E-state index contributed by atoms with van der Waals surface area (Å²) in [6, 6.07) is 3.25. The van der Waals surface area contributed by atoms with Crippen LogP contribution in [0.2, 0.25) is 5.15 Å². The number of nitrogens with one attached hydrogen (secondary N) is 2. The molecular formula is C19H20ClF3N4O3. The van der Waals surface area contributed by atoms with Gasteiger partial charge in [0, 0.05) is 18.5 Å². The van der Waals surface area contributed by atoms with Crippen LogP contribution in [0.3, 0.4) is 0 Å². The summed E-state index contributed by atoms with van der Waals surface area (Å²) in [4.78, 5) is 25.0. The average molecular weight is 445 g/mol. The first kappa shape index (κ1) is 21.9. The minimum absolute atomic E-state index is 0.0372. The van der Waals surface area contributed by atoms with E-state index in [4.69, 9.17) is 21.2 Å². The number of halogens is 4. The summed E-state index contributed by atoms with van der Waals surface area (Å²) in [5, 5.41) is 6.59. The van der Waals surface area contributed by atoms with Crippen molar-refractivity contribution in [1.82, 2.24) is 9.97 Å². The summed E-state index contributed by atoms with van der Waals surface area (Å²) in [6.45, 7) is 2.06. The minimum atomic E-state index is -4.63. The van der Waals surface area contributed by atoms with Crippen LogP contribution in [0.4, 0.5) is 18.9 Å². The molecule has 1 aromatic carbocycles. The van der Waals surface area contributed by atoms with Crippen molar-refractivity contribution >= 4 is 28.9 Å². The van der Waals surface area contributed by atoms with Gasteiger partial charge in [0.15, 0.2) is 0 Å². The monoisotopic (exact) mass is 444 g/mol. The predicted octanol–water partition coefficient (Wildman–Crippen LogP) is 4.56. The van der Waals surface area contributed by atoms with E-state index in [1.807, 2.05) is 0 Å². The fraction of sp³-hybridized carbons (Fsp3) is 0.421. The number of H-pyrrole nitrogens is 1. The highest BCUT2D eigenvalue weighted by Crippen LogP contribution is 2.37. The number of aromatic amines is 1. The van der Waals surface area contributed by atoms with E-state index in [0.717, 1.165) is 38.5 Å². The summed E-state index contributed by atoms with van der Waals surface area (Å²) in [5.41, 5.74) is -0.230. The molecule has 0 spiro atoms. The summed E-state index contributed by atoms with van der Waals surface area (Å²) in [7, 11) is 1.14. The van der Waals surface area contributed by atoms with Crippen LogP contribution in [0.15, 0.2) is 23.4 Å². The molecule has 0 saturated heterocycles. The quantitative estimate of drug-likeness (QED) is 0.655. The summed E-state index contributed by atoms with van der Waals surface area (Å²) in [6.07, 6.45) is -2.87. The van der Waals surface area contributed by atoms with Crippen molar-refractivity contribution < 1.29 is 27.5 Å². The van der Waals surface area contributed by atoms with Crippen molar-refractivity contribution in [3.8, 4) is 5.75 Å². The molecule has 0 bridgehead atoms. The number of rotatable bonds is 7. The predicted molar refractivity (Wildman–Crippen MR) is 105 cm³/mol. The van der Waals surface area contributed by atoms with E-state index in [0.29, 0.717) is 22.4 Å². The van der Waals surface area contributed by atoms with Crippen LogP contribution in [0.25, 0.3) is 0 Å². The SMILES string of the molecule is CCCCc1nc(C2=NOC(C(=O)Nc3ccc(OC)c(C(F)(F)F)c3)C2)c(Cl)[nH]1. The zero-order valence-electron chi connectivity index (χ0n) is 16.3. The maximum Gasteiger partial charge on any atom is 0.420 e. The molecule has 1 amide bonds. The number of unbranched alkanes of at least 4 members (excludes halogenated alkanes) is 1. The van der Waals surface area contributed by atoms with E-state index in [1.54, 1.807) is 0 Å². The summed E-state index contributed by atoms with van der Waals surface area (Å²) in [5.74, 6) is -0.259. The molecule has 30 heavy (non-hydrogen) atoms. The van der Waals surface area contributed by atoms with Gasteiger partial charge in [-0.25, -0.2) is 4.98 Å². The molecule has 1 aliphatic heterocycles. The Morgan fingerprint density at radius 2 is 2.20 bits per heavy atom. The van der Waals surface area contributed by atoms with E-state index in [1.165, 1.54) is 6.07 Å². The van der Waals surface area contributed by atoms with E-state index < -0.39 is 23.8 Å². The highest BCUT2D eigenvalue weighted by molar-refractivity contribution is 6.33. The second-order valence-electron chi connectivity index (χ2n) is 6.69. The Bertz CT molecular complexity index is 959. The molecule has 0 aliphatic carbocycles. The molecule has 1 aliphatic rings. The molecule has 2 aromatic rings. The fourth-order valence-corrected chi connectivity index (χ4v) is 3.20. The van der Waals surface area contributed by atoms with E-state index in [-0.39, 0.29) is 17.9 Å². The molecule has 0 radical (unpaired) electrons. The Labute approximate surface area is 175 Å². The number of oxime groups is 1. The van der Waals surface area contributed by atoms with Gasteiger partial charge in [0.1, 0.15) is 28.1 Å². The number of carbonyl (C=O) groups is 1. The lowest BCUT2D eigenvalue weighted by Gasteiger charge is -2.15. The molecule has 2 heterocycles. The Morgan fingerprint density at radius 3 is 2.87 bits per heavy atom. The smallest absolute Gasteiger partial charge is 0.420 e. The summed E-state index contributed by atoms with van der Waals surface area (Å²) >= 11 is 6.18. The molecule has 1 atom stereocenters. The van der Waals surface area contributed by atoms with Crippen LogP contribution in [-0.2, 0) is 22.2 Å². The van der Waals surface area contributed by atoms with Crippen LogP contribution in [0.1, 0.15) is 43.3 Å². The molecule has 0 saturated carbocycles. The van der Waals surface area contributed by atoms with Crippen molar-refractivity contribution in [3.63, 3.8) is 0 Å². The third kappa shape index (κ3) is 4.86. The lowest BCUT2D eigenvalue weighted by atomic mass is 10.1. The number of aromatic nitrogens is 2. The Balaban J connectivity index is 1.67. The number of alkyl halides is 3. The number of benzene rings is 1. The first-order chi connectivity index (χ1) is 14.2. The van der Waals surface area contributed by atoms with Gasteiger partial charge in [0.2, 0.25) is 6.10 Å². The average Bonchev–Trinajstić information content (AvgIpc) is 3.32. The Morgan fingerprint density at radius 1 is 1.43 bits per heavy atom. The number of hydrogen-bond donors (Lipinski definition) is 2. The van der Waals surface area contributed by atoms with Gasteiger partial charge in [-0.1, -0.05) is 30.1 Å². The minimum Gasteiger partial charge on any atom is -0.496 e. The van der Waals surface area contributed by atoms with Crippen LogP contribution < -0.4 is 10.1 Å². The van der Waals surface area contributed by atoms with Crippen LogP contribution in [-0.4, -0.2) is 34.8 Å². The number of nitrogens with zero attached hydrogens (tertiary/aromatic N) is 2. The Kier molecular flexibility index (Phi) is 6.55. The third-order valence-electron chi connectivity index (χ3n) is 4.48. The number of carbonyl (C=O) groups excluding carboxylic acids is 1. The number of hydrogen-bond acceptors (Lipinski definition) is 5. The molecular weight excluding hydrogens is 425 g/mol. The second kappa shape index (κ2) is 8.95. The maximum absolute atomic E-state index is 13.2. The summed E-state index contributed by atoms with van der Waals surface area (Å²) < 4.78 is 44.2. The number of amides is 1. The van der Waals surface area contributed by atoms with Gasteiger partial charge in [-0.3, -0.25) is 4.79 Å². The van der Waals surface area contributed by atoms with E-state index in [2.05, 4.69) is 27.4 Å². The van der Waals surface area contributed by atoms with Crippen molar-refractivity contribution in [3.05, 3.63) is 40.4 Å².